The Morgan fingerprint density at radius 1 is 1.26 bits per heavy atom. The summed E-state index contributed by atoms with van der Waals surface area (Å²) in [5, 5.41) is 4.63. The first-order valence-electron chi connectivity index (χ1n) is 6.70. The lowest BCUT2D eigenvalue weighted by molar-refractivity contribution is 0.308. The summed E-state index contributed by atoms with van der Waals surface area (Å²) in [6.07, 6.45) is 4.00. The molecule has 0 saturated carbocycles. The van der Waals surface area contributed by atoms with Crippen LogP contribution in [0.15, 0.2) is 36.5 Å². The van der Waals surface area contributed by atoms with Gasteiger partial charge in [0.1, 0.15) is 5.75 Å². The lowest BCUT2D eigenvalue weighted by Crippen LogP contribution is -2.16. The van der Waals surface area contributed by atoms with Gasteiger partial charge < -0.3 is 10.1 Å². The molecule has 19 heavy (non-hydrogen) atoms. The zero-order valence-corrected chi connectivity index (χ0v) is 12.1. The third kappa shape index (κ3) is 5.01. The number of thiazole rings is 1. The molecule has 0 bridgehead atoms. The zero-order chi connectivity index (χ0) is 13.3. The van der Waals surface area contributed by atoms with Crippen LogP contribution in [0.5, 0.6) is 5.75 Å². The molecule has 0 spiro atoms. The van der Waals surface area contributed by atoms with Gasteiger partial charge in [0, 0.05) is 17.6 Å². The van der Waals surface area contributed by atoms with Crippen molar-refractivity contribution in [3.63, 3.8) is 0 Å². The SMILES string of the molecule is CCc1ncc(CNCCCOc2ccccc2)s1. The molecule has 0 atom stereocenters. The van der Waals surface area contributed by atoms with Gasteiger partial charge in [-0.15, -0.1) is 11.3 Å². The van der Waals surface area contributed by atoms with E-state index in [9.17, 15) is 0 Å². The van der Waals surface area contributed by atoms with E-state index in [4.69, 9.17) is 4.74 Å². The normalized spacial score (nSPS) is 10.6. The van der Waals surface area contributed by atoms with Gasteiger partial charge in [0.05, 0.1) is 11.6 Å². The maximum absolute atomic E-state index is 5.63. The van der Waals surface area contributed by atoms with Crippen molar-refractivity contribution in [3.05, 3.63) is 46.4 Å². The summed E-state index contributed by atoms with van der Waals surface area (Å²) < 4.78 is 5.63. The molecule has 1 aromatic heterocycles. The fraction of sp³-hybridized carbons (Fsp3) is 0.400. The van der Waals surface area contributed by atoms with Crippen LogP contribution in [0.3, 0.4) is 0 Å². The van der Waals surface area contributed by atoms with Crippen LogP contribution >= 0.6 is 11.3 Å². The van der Waals surface area contributed by atoms with E-state index >= 15 is 0 Å². The van der Waals surface area contributed by atoms with Crippen LogP contribution < -0.4 is 10.1 Å². The number of aromatic nitrogens is 1. The van der Waals surface area contributed by atoms with Crippen molar-refractivity contribution in [3.8, 4) is 5.75 Å². The topological polar surface area (TPSA) is 34.2 Å². The first kappa shape index (κ1) is 14.0. The second-order valence-electron chi connectivity index (χ2n) is 4.27. The number of aryl methyl sites for hydroxylation is 1. The maximum atomic E-state index is 5.63. The van der Waals surface area contributed by atoms with Gasteiger partial charge in [0.15, 0.2) is 0 Å². The van der Waals surface area contributed by atoms with Gasteiger partial charge >= 0.3 is 0 Å². The summed E-state index contributed by atoms with van der Waals surface area (Å²) in [6.45, 7) is 4.76. The molecule has 0 radical (unpaired) electrons. The Bertz CT molecular complexity index is 470. The summed E-state index contributed by atoms with van der Waals surface area (Å²) in [5.41, 5.74) is 0. The van der Waals surface area contributed by atoms with Gasteiger partial charge in [0.2, 0.25) is 0 Å². The van der Waals surface area contributed by atoms with Crippen molar-refractivity contribution in [1.29, 1.82) is 0 Å². The molecule has 1 heterocycles. The van der Waals surface area contributed by atoms with E-state index in [0.717, 1.165) is 38.3 Å². The molecule has 4 heteroatoms. The largest absolute Gasteiger partial charge is 0.494 e. The molecule has 0 aliphatic carbocycles. The van der Waals surface area contributed by atoms with Crippen molar-refractivity contribution in [1.82, 2.24) is 10.3 Å². The van der Waals surface area contributed by atoms with Crippen molar-refractivity contribution in [2.75, 3.05) is 13.2 Å². The molecule has 2 aromatic rings. The fourth-order valence-corrected chi connectivity index (χ4v) is 2.54. The molecule has 0 unspecified atom stereocenters. The van der Waals surface area contributed by atoms with E-state index in [2.05, 4.69) is 17.2 Å². The van der Waals surface area contributed by atoms with Crippen LogP contribution in [0.4, 0.5) is 0 Å². The molecule has 0 aliphatic heterocycles. The van der Waals surface area contributed by atoms with Crippen molar-refractivity contribution < 1.29 is 4.74 Å². The van der Waals surface area contributed by atoms with E-state index in [1.807, 2.05) is 36.5 Å². The van der Waals surface area contributed by atoms with Crippen LogP contribution in [0.2, 0.25) is 0 Å². The minimum atomic E-state index is 0.750. The highest BCUT2D eigenvalue weighted by Gasteiger charge is 1.99. The summed E-state index contributed by atoms with van der Waals surface area (Å²) >= 11 is 1.79. The second kappa shape index (κ2) is 7.92. The molecule has 0 fully saturated rings. The highest BCUT2D eigenvalue weighted by Crippen LogP contribution is 2.12. The standard InChI is InChI=1S/C15H20N2OS/c1-2-15-17-12-14(19-15)11-16-9-6-10-18-13-7-4-3-5-8-13/h3-5,7-8,12,16H,2,6,9-11H2,1H3. The Morgan fingerprint density at radius 2 is 2.11 bits per heavy atom. The van der Waals surface area contributed by atoms with Crippen molar-refractivity contribution >= 4 is 11.3 Å². The summed E-state index contributed by atoms with van der Waals surface area (Å²) in [4.78, 5) is 5.65. The average Bonchev–Trinajstić information content (AvgIpc) is 2.92. The fourth-order valence-electron chi connectivity index (χ4n) is 1.71. The van der Waals surface area contributed by atoms with Crippen LogP contribution in [0.25, 0.3) is 0 Å². The number of benzene rings is 1. The summed E-state index contributed by atoms with van der Waals surface area (Å²) in [6, 6.07) is 9.94. The van der Waals surface area contributed by atoms with Gasteiger partial charge in [-0.2, -0.15) is 0 Å². The van der Waals surface area contributed by atoms with Gasteiger partial charge in [-0.25, -0.2) is 4.98 Å². The number of nitrogens with zero attached hydrogens (tertiary/aromatic N) is 1. The predicted octanol–water partition coefficient (Wildman–Crippen LogP) is 3.26. The Labute approximate surface area is 118 Å². The van der Waals surface area contributed by atoms with Gasteiger partial charge in [-0.3, -0.25) is 0 Å². The van der Waals surface area contributed by atoms with Gasteiger partial charge in [-0.05, 0) is 31.5 Å². The second-order valence-corrected chi connectivity index (χ2v) is 5.47. The van der Waals surface area contributed by atoms with Gasteiger partial charge in [0.25, 0.3) is 0 Å². The summed E-state index contributed by atoms with van der Waals surface area (Å²) in [7, 11) is 0. The smallest absolute Gasteiger partial charge is 0.119 e. The molecular formula is C15H20N2OS. The van der Waals surface area contributed by atoms with E-state index in [1.54, 1.807) is 11.3 Å². The van der Waals surface area contributed by atoms with E-state index in [1.165, 1.54) is 9.88 Å². The first-order valence-corrected chi connectivity index (χ1v) is 7.52. The van der Waals surface area contributed by atoms with Crippen LogP contribution in [0.1, 0.15) is 23.2 Å². The molecule has 2 rings (SSSR count). The highest BCUT2D eigenvalue weighted by molar-refractivity contribution is 7.11. The van der Waals surface area contributed by atoms with Crippen LogP contribution in [-0.4, -0.2) is 18.1 Å². The average molecular weight is 276 g/mol. The molecule has 0 saturated heterocycles. The molecule has 102 valence electrons. The molecule has 1 N–H and O–H groups in total. The molecule has 3 nitrogen and oxygen atoms in total. The molecular weight excluding hydrogens is 256 g/mol. The Balaban J connectivity index is 1.55. The minimum absolute atomic E-state index is 0.750. The van der Waals surface area contributed by atoms with Gasteiger partial charge in [-0.1, -0.05) is 25.1 Å². The highest BCUT2D eigenvalue weighted by atomic mass is 32.1. The Morgan fingerprint density at radius 3 is 2.84 bits per heavy atom. The monoisotopic (exact) mass is 276 g/mol. The first-order chi connectivity index (χ1) is 9.38. The number of ether oxygens (including phenoxy) is 1. The lowest BCUT2D eigenvalue weighted by atomic mass is 10.3. The predicted molar refractivity (Wildman–Crippen MR) is 79.8 cm³/mol. The van der Waals surface area contributed by atoms with Crippen LogP contribution in [-0.2, 0) is 13.0 Å². The number of nitrogens with one attached hydrogen (secondary N) is 1. The van der Waals surface area contributed by atoms with E-state index in [0.29, 0.717) is 0 Å². The Hall–Kier alpha value is -1.39. The van der Waals surface area contributed by atoms with Crippen molar-refractivity contribution in [2.45, 2.75) is 26.3 Å². The maximum Gasteiger partial charge on any atom is 0.119 e. The van der Waals surface area contributed by atoms with Crippen molar-refractivity contribution in [2.24, 2.45) is 0 Å². The third-order valence-electron chi connectivity index (χ3n) is 2.71. The third-order valence-corrected chi connectivity index (χ3v) is 3.85. The lowest BCUT2D eigenvalue weighted by Gasteiger charge is -2.06. The molecule has 0 aliphatic rings. The number of hydrogen-bond acceptors (Lipinski definition) is 4. The quantitative estimate of drug-likeness (QED) is 0.751. The molecule has 1 aromatic carbocycles. The van der Waals surface area contributed by atoms with E-state index < -0.39 is 0 Å². The van der Waals surface area contributed by atoms with E-state index in [-0.39, 0.29) is 0 Å². The zero-order valence-electron chi connectivity index (χ0n) is 11.3. The number of rotatable bonds is 8. The number of hydrogen-bond donors (Lipinski definition) is 1. The number of para-hydroxylation sites is 1. The summed E-state index contributed by atoms with van der Waals surface area (Å²) in [5.74, 6) is 0.942. The van der Waals surface area contributed by atoms with Crippen LogP contribution in [0, 0.1) is 0 Å². The Kier molecular flexibility index (Phi) is 5.85. The molecule has 0 amide bonds. The minimum Gasteiger partial charge on any atom is -0.494 e.